The van der Waals surface area contributed by atoms with Crippen molar-refractivity contribution in [2.45, 2.75) is 44.2 Å². The van der Waals surface area contributed by atoms with E-state index in [9.17, 15) is 18.3 Å². The van der Waals surface area contributed by atoms with Crippen LogP contribution in [0.4, 0.5) is 0 Å². The molecule has 1 heterocycles. The zero-order valence-corrected chi connectivity index (χ0v) is 19.9. The van der Waals surface area contributed by atoms with E-state index in [0.717, 1.165) is 11.1 Å². The number of amides is 1. The largest absolute Gasteiger partial charge is 0.487 e. The van der Waals surface area contributed by atoms with Crippen molar-refractivity contribution in [2.75, 3.05) is 26.7 Å². The monoisotopic (exact) mass is 460 g/mol. The summed E-state index contributed by atoms with van der Waals surface area (Å²) in [7, 11) is -2.16. The summed E-state index contributed by atoms with van der Waals surface area (Å²) in [5.41, 5.74) is 1.79. The van der Waals surface area contributed by atoms with E-state index < -0.39 is 22.2 Å². The highest BCUT2D eigenvalue weighted by molar-refractivity contribution is 7.89. The molecule has 3 rings (SSSR count). The number of ether oxygens (including phenoxy) is 1. The van der Waals surface area contributed by atoms with Gasteiger partial charge in [-0.1, -0.05) is 50.2 Å². The number of aliphatic hydroxyl groups excluding tert-OH is 1. The quantitative estimate of drug-likeness (QED) is 0.716. The average Bonchev–Trinajstić information content (AvgIpc) is 2.80. The smallest absolute Gasteiger partial charge is 0.247 e. The Morgan fingerprint density at radius 1 is 1.22 bits per heavy atom. The Balaban J connectivity index is 2.11. The first-order chi connectivity index (χ1) is 15.2. The SMILES string of the molecule is CCC(=O)N(C)C[C@H]1Oc2cc(-c3ccccc3)ccc2S(=O)(=O)N([C@H](C)CO)C[C@H]1C. The van der Waals surface area contributed by atoms with E-state index in [1.807, 2.05) is 37.3 Å². The predicted molar refractivity (Wildman–Crippen MR) is 124 cm³/mol. The Hall–Kier alpha value is -2.42. The third-order valence-corrected chi connectivity index (χ3v) is 7.98. The normalized spacial score (nSPS) is 21.5. The molecule has 1 aliphatic heterocycles. The first kappa shape index (κ1) is 24.2. The van der Waals surface area contributed by atoms with Gasteiger partial charge in [-0.15, -0.1) is 0 Å². The molecule has 32 heavy (non-hydrogen) atoms. The molecule has 0 fully saturated rings. The van der Waals surface area contributed by atoms with E-state index >= 15 is 0 Å². The molecule has 1 N–H and O–H groups in total. The molecule has 2 aromatic rings. The number of likely N-dealkylation sites (N-methyl/N-ethyl adjacent to an activating group) is 1. The molecule has 0 unspecified atom stereocenters. The fraction of sp³-hybridized carbons (Fsp3) is 0.458. The summed E-state index contributed by atoms with van der Waals surface area (Å²) in [6, 6.07) is 14.2. The van der Waals surface area contributed by atoms with Gasteiger partial charge in [0.1, 0.15) is 16.7 Å². The highest BCUT2D eigenvalue weighted by Crippen LogP contribution is 2.36. The van der Waals surface area contributed by atoms with Gasteiger partial charge < -0.3 is 14.7 Å². The third-order valence-electron chi connectivity index (χ3n) is 5.96. The molecule has 1 amide bonds. The fourth-order valence-electron chi connectivity index (χ4n) is 3.90. The number of hydrogen-bond donors (Lipinski definition) is 1. The van der Waals surface area contributed by atoms with Crippen LogP contribution >= 0.6 is 0 Å². The number of benzene rings is 2. The van der Waals surface area contributed by atoms with Gasteiger partial charge in [0.15, 0.2) is 0 Å². The lowest BCUT2D eigenvalue weighted by Crippen LogP contribution is -2.50. The maximum Gasteiger partial charge on any atom is 0.247 e. The van der Waals surface area contributed by atoms with E-state index in [4.69, 9.17) is 4.74 Å². The van der Waals surface area contributed by atoms with Crippen LogP contribution in [-0.4, -0.2) is 67.5 Å². The Bertz CT molecular complexity index is 1040. The minimum absolute atomic E-state index is 0.00526. The topological polar surface area (TPSA) is 87.2 Å². The molecule has 0 aromatic heterocycles. The summed E-state index contributed by atoms with van der Waals surface area (Å²) >= 11 is 0. The number of sulfonamides is 1. The zero-order valence-electron chi connectivity index (χ0n) is 19.1. The van der Waals surface area contributed by atoms with Gasteiger partial charge in [-0.25, -0.2) is 8.42 Å². The molecule has 0 radical (unpaired) electrons. The number of carbonyl (C=O) groups is 1. The summed E-state index contributed by atoms with van der Waals surface area (Å²) < 4.78 is 34.7. The summed E-state index contributed by atoms with van der Waals surface area (Å²) in [6.07, 6.45) is -0.0295. The lowest BCUT2D eigenvalue weighted by atomic mass is 10.0. The van der Waals surface area contributed by atoms with Gasteiger partial charge in [0.2, 0.25) is 15.9 Å². The average molecular weight is 461 g/mol. The number of fused-ring (bicyclic) bond motifs is 1. The summed E-state index contributed by atoms with van der Waals surface area (Å²) in [4.78, 5) is 13.9. The maximum absolute atomic E-state index is 13.5. The van der Waals surface area contributed by atoms with E-state index in [1.165, 1.54) is 4.31 Å². The van der Waals surface area contributed by atoms with E-state index in [-0.39, 0.29) is 35.6 Å². The van der Waals surface area contributed by atoms with Crippen molar-refractivity contribution >= 4 is 15.9 Å². The number of rotatable bonds is 6. The molecule has 1 aliphatic rings. The number of carbonyl (C=O) groups excluding carboxylic acids is 1. The van der Waals surface area contributed by atoms with Crippen LogP contribution in [-0.2, 0) is 14.8 Å². The molecule has 3 atom stereocenters. The van der Waals surface area contributed by atoms with Gasteiger partial charge in [-0.2, -0.15) is 4.31 Å². The molecule has 0 bridgehead atoms. The number of nitrogens with zero attached hydrogens (tertiary/aromatic N) is 2. The molecule has 0 aliphatic carbocycles. The Morgan fingerprint density at radius 2 is 1.91 bits per heavy atom. The predicted octanol–water partition coefficient (Wildman–Crippen LogP) is 2.99. The van der Waals surface area contributed by atoms with Crippen LogP contribution in [0.3, 0.4) is 0 Å². The van der Waals surface area contributed by atoms with Gasteiger partial charge in [-0.3, -0.25) is 4.79 Å². The van der Waals surface area contributed by atoms with Gasteiger partial charge >= 0.3 is 0 Å². The van der Waals surface area contributed by atoms with Crippen LogP contribution in [0.1, 0.15) is 27.2 Å². The summed E-state index contributed by atoms with van der Waals surface area (Å²) in [6.45, 7) is 5.64. The Labute approximate surface area is 190 Å². The van der Waals surface area contributed by atoms with Gasteiger partial charge in [-0.05, 0) is 30.2 Å². The lowest BCUT2D eigenvalue weighted by Gasteiger charge is -2.37. The highest BCUT2D eigenvalue weighted by Gasteiger charge is 2.38. The maximum atomic E-state index is 13.5. The Kier molecular flexibility index (Phi) is 7.59. The van der Waals surface area contributed by atoms with Crippen molar-refractivity contribution in [2.24, 2.45) is 5.92 Å². The van der Waals surface area contributed by atoms with Crippen LogP contribution in [0.25, 0.3) is 11.1 Å². The van der Waals surface area contributed by atoms with Crippen molar-refractivity contribution in [3.63, 3.8) is 0 Å². The van der Waals surface area contributed by atoms with Crippen molar-refractivity contribution in [1.29, 1.82) is 0 Å². The second-order valence-corrected chi connectivity index (χ2v) is 10.3. The second-order valence-electron chi connectivity index (χ2n) is 8.40. The van der Waals surface area contributed by atoms with Crippen LogP contribution in [0.5, 0.6) is 5.75 Å². The van der Waals surface area contributed by atoms with Crippen molar-refractivity contribution in [1.82, 2.24) is 9.21 Å². The minimum atomic E-state index is -3.89. The minimum Gasteiger partial charge on any atom is -0.487 e. The molecule has 0 spiro atoms. The van der Waals surface area contributed by atoms with Gasteiger partial charge in [0.05, 0.1) is 13.2 Å². The molecule has 0 saturated carbocycles. The second kappa shape index (κ2) is 10.0. The fourth-order valence-corrected chi connectivity index (χ4v) is 5.72. The van der Waals surface area contributed by atoms with Gasteiger partial charge in [0.25, 0.3) is 0 Å². The van der Waals surface area contributed by atoms with Crippen LogP contribution < -0.4 is 4.74 Å². The van der Waals surface area contributed by atoms with Crippen LogP contribution in [0.2, 0.25) is 0 Å². The van der Waals surface area contributed by atoms with E-state index in [0.29, 0.717) is 13.0 Å². The first-order valence-corrected chi connectivity index (χ1v) is 12.4. The summed E-state index contributed by atoms with van der Waals surface area (Å²) in [5.74, 6) is 0.0455. The van der Waals surface area contributed by atoms with Crippen molar-refractivity contribution < 1.29 is 23.1 Å². The van der Waals surface area contributed by atoms with Crippen LogP contribution in [0.15, 0.2) is 53.4 Å². The van der Waals surface area contributed by atoms with Gasteiger partial charge in [0, 0.05) is 32.0 Å². The lowest BCUT2D eigenvalue weighted by molar-refractivity contribution is -0.131. The molecular weight excluding hydrogens is 428 g/mol. The molecular formula is C24H32N2O5S. The first-order valence-electron chi connectivity index (χ1n) is 10.9. The Morgan fingerprint density at radius 3 is 2.53 bits per heavy atom. The standard InChI is InChI=1S/C24H32N2O5S/c1-5-24(28)25(4)15-22-17(2)14-26(18(3)16-27)32(29,30)23-12-11-20(13-21(23)31-22)19-9-7-6-8-10-19/h6-13,17-18,22,27H,5,14-16H2,1-4H3/t17-,18-,22-/m1/s1. The summed E-state index contributed by atoms with van der Waals surface area (Å²) in [5, 5.41) is 9.73. The van der Waals surface area contributed by atoms with Crippen LogP contribution in [0, 0.1) is 5.92 Å². The van der Waals surface area contributed by atoms with Crippen molar-refractivity contribution in [3.05, 3.63) is 48.5 Å². The van der Waals surface area contributed by atoms with E-state index in [1.54, 1.807) is 44.0 Å². The number of hydrogen-bond acceptors (Lipinski definition) is 5. The third kappa shape index (κ3) is 4.98. The molecule has 174 valence electrons. The molecule has 0 saturated heterocycles. The van der Waals surface area contributed by atoms with Crippen molar-refractivity contribution in [3.8, 4) is 16.9 Å². The van der Waals surface area contributed by atoms with E-state index in [2.05, 4.69) is 0 Å². The molecule has 2 aromatic carbocycles. The molecule has 8 heteroatoms. The highest BCUT2D eigenvalue weighted by atomic mass is 32.2. The number of aliphatic hydroxyl groups is 1. The molecule has 7 nitrogen and oxygen atoms in total. The zero-order chi connectivity index (χ0) is 23.5.